The van der Waals surface area contributed by atoms with Crippen LogP contribution in [0.15, 0.2) is 47.2 Å². The van der Waals surface area contributed by atoms with Crippen LogP contribution in [0, 0.1) is 0 Å². The van der Waals surface area contributed by atoms with Gasteiger partial charge in [-0.2, -0.15) is 0 Å². The monoisotopic (exact) mass is 492 g/mol. The second-order valence-electron chi connectivity index (χ2n) is 7.11. The van der Waals surface area contributed by atoms with Crippen molar-refractivity contribution in [2.45, 2.75) is 19.6 Å². The number of methoxy groups -OCH3 is 1. The predicted molar refractivity (Wildman–Crippen MR) is 112 cm³/mol. The molecule has 0 aromatic carbocycles. The Bertz CT molecular complexity index is 1290. The first kappa shape index (κ1) is 24.1. The Morgan fingerprint density at radius 1 is 1.17 bits per heavy atom. The van der Waals surface area contributed by atoms with E-state index in [2.05, 4.69) is 30.4 Å². The SMILES string of the molecule is COCc1cc(-c2nnc3ccc(OCc4ccc(C(=O)NCCOC(F)(F)F)cn4)cn23)no1. The largest absolute Gasteiger partial charge is 0.522 e. The summed E-state index contributed by atoms with van der Waals surface area (Å²) in [6.45, 7) is -0.596. The van der Waals surface area contributed by atoms with E-state index in [1.54, 1.807) is 42.0 Å². The van der Waals surface area contributed by atoms with Gasteiger partial charge >= 0.3 is 6.36 Å². The molecule has 0 aliphatic carbocycles. The van der Waals surface area contributed by atoms with Gasteiger partial charge in [-0.15, -0.1) is 23.4 Å². The van der Waals surface area contributed by atoms with Gasteiger partial charge in [-0.25, -0.2) is 0 Å². The molecule has 1 amide bonds. The lowest BCUT2D eigenvalue weighted by Gasteiger charge is -2.09. The number of carbonyl (C=O) groups excluding carboxylic acids is 1. The zero-order chi connectivity index (χ0) is 24.8. The molecule has 4 aromatic rings. The molecule has 0 unspecified atom stereocenters. The van der Waals surface area contributed by atoms with Crippen LogP contribution in [-0.4, -0.2) is 57.3 Å². The van der Waals surface area contributed by atoms with Crippen LogP contribution in [0.25, 0.3) is 17.2 Å². The highest BCUT2D eigenvalue weighted by Crippen LogP contribution is 2.22. The van der Waals surface area contributed by atoms with Gasteiger partial charge in [-0.1, -0.05) is 5.16 Å². The van der Waals surface area contributed by atoms with Gasteiger partial charge in [0.2, 0.25) is 0 Å². The Hall–Kier alpha value is -4.04. The van der Waals surface area contributed by atoms with Crippen LogP contribution in [0.5, 0.6) is 5.75 Å². The summed E-state index contributed by atoms with van der Waals surface area (Å²) in [5.41, 5.74) is 1.79. The van der Waals surface area contributed by atoms with Crippen LogP contribution < -0.4 is 10.1 Å². The zero-order valence-corrected chi connectivity index (χ0v) is 18.3. The molecule has 0 bridgehead atoms. The maximum atomic E-state index is 12.0. The highest BCUT2D eigenvalue weighted by atomic mass is 19.4. The first-order chi connectivity index (χ1) is 16.8. The van der Waals surface area contributed by atoms with E-state index in [0.717, 1.165) is 0 Å². The number of ether oxygens (including phenoxy) is 3. The van der Waals surface area contributed by atoms with E-state index < -0.39 is 18.9 Å². The topological polar surface area (TPSA) is 126 Å². The molecule has 0 saturated heterocycles. The molecule has 0 fully saturated rings. The predicted octanol–water partition coefficient (Wildman–Crippen LogP) is 2.77. The van der Waals surface area contributed by atoms with Crippen LogP contribution in [-0.2, 0) is 22.7 Å². The molecule has 35 heavy (non-hydrogen) atoms. The van der Waals surface area contributed by atoms with Crippen molar-refractivity contribution in [3.8, 4) is 17.3 Å². The maximum Gasteiger partial charge on any atom is 0.522 e. The molecule has 4 rings (SSSR count). The summed E-state index contributed by atoms with van der Waals surface area (Å²) in [5, 5.41) is 14.6. The van der Waals surface area contributed by atoms with Gasteiger partial charge in [0, 0.05) is 25.9 Å². The van der Waals surface area contributed by atoms with E-state index in [1.807, 2.05) is 0 Å². The molecule has 0 aliphatic heterocycles. The fourth-order valence-corrected chi connectivity index (χ4v) is 2.99. The van der Waals surface area contributed by atoms with Gasteiger partial charge in [0.25, 0.3) is 5.91 Å². The second-order valence-corrected chi connectivity index (χ2v) is 7.11. The number of nitrogens with zero attached hydrogens (tertiary/aromatic N) is 5. The molecule has 4 heterocycles. The smallest absolute Gasteiger partial charge is 0.486 e. The number of hydrogen-bond donors (Lipinski definition) is 1. The van der Waals surface area contributed by atoms with Crippen molar-refractivity contribution in [3.63, 3.8) is 0 Å². The zero-order valence-electron chi connectivity index (χ0n) is 18.3. The van der Waals surface area contributed by atoms with Crippen LogP contribution in [0.1, 0.15) is 21.8 Å². The maximum absolute atomic E-state index is 12.0. The Morgan fingerprint density at radius 2 is 2.03 bits per heavy atom. The fourth-order valence-electron chi connectivity index (χ4n) is 2.99. The summed E-state index contributed by atoms with van der Waals surface area (Å²) in [4.78, 5) is 16.2. The summed E-state index contributed by atoms with van der Waals surface area (Å²) in [6, 6.07) is 8.23. The molecule has 0 spiro atoms. The van der Waals surface area contributed by atoms with E-state index in [4.69, 9.17) is 14.0 Å². The Balaban J connectivity index is 1.35. The number of halogens is 3. The van der Waals surface area contributed by atoms with E-state index in [1.165, 1.54) is 12.3 Å². The van der Waals surface area contributed by atoms with Gasteiger partial charge in [0.15, 0.2) is 22.9 Å². The third-order valence-electron chi connectivity index (χ3n) is 4.58. The average molecular weight is 492 g/mol. The lowest BCUT2D eigenvalue weighted by atomic mass is 10.2. The van der Waals surface area contributed by atoms with Gasteiger partial charge in [0.05, 0.1) is 24.1 Å². The minimum absolute atomic E-state index is 0.103. The Kier molecular flexibility index (Phi) is 7.22. The third kappa shape index (κ3) is 6.30. The van der Waals surface area contributed by atoms with E-state index in [-0.39, 0.29) is 25.3 Å². The quantitative estimate of drug-likeness (QED) is 0.333. The number of pyridine rings is 2. The molecular formula is C21H19F3N6O5. The van der Waals surface area contributed by atoms with Crippen LogP contribution in [0.4, 0.5) is 13.2 Å². The van der Waals surface area contributed by atoms with Crippen LogP contribution >= 0.6 is 0 Å². The summed E-state index contributed by atoms with van der Waals surface area (Å²) >= 11 is 0. The number of aromatic nitrogens is 5. The molecule has 0 saturated carbocycles. The van der Waals surface area contributed by atoms with Crippen molar-refractivity contribution in [2.75, 3.05) is 20.3 Å². The number of fused-ring (bicyclic) bond motifs is 1. The van der Waals surface area contributed by atoms with Crippen molar-refractivity contribution in [1.29, 1.82) is 0 Å². The van der Waals surface area contributed by atoms with E-state index >= 15 is 0 Å². The first-order valence-corrected chi connectivity index (χ1v) is 10.2. The molecule has 0 radical (unpaired) electrons. The van der Waals surface area contributed by atoms with Crippen molar-refractivity contribution in [1.82, 2.24) is 30.1 Å². The molecule has 11 nitrogen and oxygen atoms in total. The normalized spacial score (nSPS) is 11.7. The van der Waals surface area contributed by atoms with Crippen LogP contribution in [0.2, 0.25) is 0 Å². The number of rotatable bonds is 10. The fraction of sp³-hybridized carbons (Fsp3) is 0.286. The number of amides is 1. The van der Waals surface area contributed by atoms with Gasteiger partial charge in [-0.05, 0) is 24.3 Å². The van der Waals surface area contributed by atoms with Crippen molar-refractivity contribution < 1.29 is 36.7 Å². The number of alkyl halides is 3. The van der Waals surface area contributed by atoms with E-state index in [0.29, 0.717) is 34.4 Å². The van der Waals surface area contributed by atoms with Gasteiger partial charge in [-0.3, -0.25) is 18.9 Å². The number of hydrogen-bond acceptors (Lipinski definition) is 9. The summed E-state index contributed by atoms with van der Waals surface area (Å²) in [7, 11) is 1.55. The lowest BCUT2D eigenvalue weighted by Crippen LogP contribution is -2.29. The van der Waals surface area contributed by atoms with Crippen molar-refractivity contribution in [2.24, 2.45) is 0 Å². The average Bonchev–Trinajstić information content (AvgIpc) is 3.47. The minimum Gasteiger partial charge on any atom is -0.486 e. The molecule has 0 aliphatic rings. The Morgan fingerprint density at radius 3 is 2.77 bits per heavy atom. The molecule has 0 atom stereocenters. The van der Waals surface area contributed by atoms with Gasteiger partial charge < -0.3 is 19.3 Å². The molecule has 4 aromatic heterocycles. The van der Waals surface area contributed by atoms with E-state index in [9.17, 15) is 18.0 Å². The summed E-state index contributed by atoms with van der Waals surface area (Å²) in [6.07, 6.45) is -1.74. The third-order valence-corrected chi connectivity index (χ3v) is 4.58. The summed E-state index contributed by atoms with van der Waals surface area (Å²) in [5.74, 6) is 0.950. The molecule has 184 valence electrons. The standard InChI is InChI=1S/C21H19F3N6O5/c1-32-12-16-8-17(29-35-16)19-28-27-18-5-4-15(10-30(18)19)33-11-14-3-2-13(9-26-14)20(31)25-6-7-34-21(22,23)24/h2-5,8-10H,6-7,11-12H2,1H3,(H,25,31). The van der Waals surface area contributed by atoms with Crippen LogP contribution in [0.3, 0.4) is 0 Å². The summed E-state index contributed by atoms with van der Waals surface area (Å²) < 4.78 is 57.2. The molecule has 14 heteroatoms. The van der Waals surface area contributed by atoms with Crippen molar-refractivity contribution in [3.05, 3.63) is 59.7 Å². The number of carbonyl (C=O) groups is 1. The van der Waals surface area contributed by atoms with Crippen molar-refractivity contribution >= 4 is 11.6 Å². The second kappa shape index (κ2) is 10.5. The molecule has 1 N–H and O–H groups in total. The number of nitrogens with one attached hydrogen (secondary N) is 1. The van der Waals surface area contributed by atoms with Gasteiger partial charge in [0.1, 0.15) is 19.0 Å². The minimum atomic E-state index is -4.74. The Labute approximate surface area is 195 Å². The molecular weight excluding hydrogens is 473 g/mol. The highest BCUT2D eigenvalue weighted by molar-refractivity contribution is 5.93. The highest BCUT2D eigenvalue weighted by Gasteiger charge is 2.28. The lowest BCUT2D eigenvalue weighted by molar-refractivity contribution is -0.323. The first-order valence-electron chi connectivity index (χ1n) is 10.2.